The van der Waals surface area contributed by atoms with Gasteiger partial charge in [0.05, 0.1) is 11.1 Å². The number of carboxylic acids is 1. The van der Waals surface area contributed by atoms with E-state index in [1.54, 1.807) is 6.07 Å². The van der Waals surface area contributed by atoms with Crippen molar-refractivity contribution in [1.82, 2.24) is 9.99 Å². The number of carboxylic acid groups (broad SMARTS) is 1. The zero-order valence-corrected chi connectivity index (χ0v) is 23.7. The van der Waals surface area contributed by atoms with Crippen molar-refractivity contribution in [2.45, 2.75) is 33.5 Å². The van der Waals surface area contributed by atoms with Crippen LogP contribution in [-0.4, -0.2) is 38.8 Å². The number of carbonyl (C=O) groups is 2. The number of nitrogens with zero attached hydrogens (tertiary/aromatic N) is 3. The predicted octanol–water partition coefficient (Wildman–Crippen LogP) is 5.55. The first-order chi connectivity index (χ1) is 19.5. The summed E-state index contributed by atoms with van der Waals surface area (Å²) < 4.78 is 19.1. The van der Waals surface area contributed by atoms with Crippen LogP contribution in [-0.2, 0) is 11.4 Å². The SMILES string of the molecule is Cc1ccc(C)n1-c1ccc(OCc2ccc(C(=O)N/N=C/c3cc(Br)cc([N+](=O)[O-])c3O[C@H](C)C(=O)O)o2)cc1. The standard InChI is InChI=1S/C28H25BrN4O8/c1-16-4-5-17(2)32(16)21-6-8-22(9-7-21)39-15-23-10-11-25(41-23)27(34)31-30-14-19-12-20(29)13-24(33(37)38)26(19)40-18(3)28(35)36/h4-14,18H,15H2,1-3H3,(H,31,34)(H,35,36)/b30-14+/t18-/m1/s1. The van der Waals surface area contributed by atoms with Crippen molar-refractivity contribution in [3.05, 3.63) is 104 Å². The topological polar surface area (TPSA) is 158 Å². The average Bonchev–Trinajstić information content (AvgIpc) is 3.54. The minimum Gasteiger partial charge on any atom is -0.486 e. The number of aliphatic carboxylic acids is 1. The number of benzene rings is 2. The molecule has 212 valence electrons. The Hall–Kier alpha value is -4.91. The molecular weight excluding hydrogens is 600 g/mol. The molecule has 0 aliphatic carbocycles. The Morgan fingerprint density at radius 3 is 2.46 bits per heavy atom. The van der Waals surface area contributed by atoms with Crippen molar-refractivity contribution in [1.29, 1.82) is 0 Å². The van der Waals surface area contributed by atoms with Gasteiger partial charge in [-0.1, -0.05) is 15.9 Å². The van der Waals surface area contributed by atoms with Crippen LogP contribution >= 0.6 is 15.9 Å². The third kappa shape index (κ3) is 7.00. The number of rotatable bonds is 11. The number of amides is 1. The Bertz CT molecular complexity index is 1600. The smallest absolute Gasteiger partial charge is 0.344 e. The van der Waals surface area contributed by atoms with Gasteiger partial charge in [-0.3, -0.25) is 14.9 Å². The number of hydrazone groups is 1. The van der Waals surface area contributed by atoms with Crippen LogP contribution in [0.5, 0.6) is 11.5 Å². The van der Waals surface area contributed by atoms with Crippen molar-refractivity contribution >= 4 is 39.7 Å². The molecule has 2 heterocycles. The second kappa shape index (κ2) is 12.5. The molecule has 1 amide bonds. The predicted molar refractivity (Wildman–Crippen MR) is 152 cm³/mol. The van der Waals surface area contributed by atoms with Gasteiger partial charge in [-0.05, 0) is 75.4 Å². The van der Waals surface area contributed by atoms with E-state index in [0.29, 0.717) is 16.0 Å². The fourth-order valence-electron chi connectivity index (χ4n) is 3.90. The fraction of sp³-hybridized carbons (Fsp3) is 0.179. The number of nitro benzene ring substituents is 1. The van der Waals surface area contributed by atoms with Crippen molar-refractivity contribution in [3.63, 3.8) is 0 Å². The number of nitro groups is 1. The quantitative estimate of drug-likeness (QED) is 0.125. The maximum Gasteiger partial charge on any atom is 0.344 e. The molecule has 0 saturated heterocycles. The highest BCUT2D eigenvalue weighted by Gasteiger charge is 2.24. The molecule has 0 bridgehead atoms. The largest absolute Gasteiger partial charge is 0.486 e. The zero-order valence-electron chi connectivity index (χ0n) is 22.2. The van der Waals surface area contributed by atoms with Gasteiger partial charge >= 0.3 is 17.6 Å². The van der Waals surface area contributed by atoms with E-state index in [1.807, 2.05) is 38.1 Å². The summed E-state index contributed by atoms with van der Waals surface area (Å²) in [6.45, 7) is 5.39. The van der Waals surface area contributed by atoms with Gasteiger partial charge in [0.15, 0.2) is 11.9 Å². The number of ether oxygens (including phenoxy) is 2. The van der Waals surface area contributed by atoms with Crippen LogP contribution < -0.4 is 14.9 Å². The van der Waals surface area contributed by atoms with E-state index in [2.05, 4.69) is 43.2 Å². The molecule has 0 aliphatic rings. The highest BCUT2D eigenvalue weighted by Crippen LogP contribution is 2.34. The number of carbonyl (C=O) groups excluding carboxylic acids is 1. The highest BCUT2D eigenvalue weighted by atomic mass is 79.9. The summed E-state index contributed by atoms with van der Waals surface area (Å²) in [7, 11) is 0. The molecule has 12 nitrogen and oxygen atoms in total. The minimum atomic E-state index is -1.37. The van der Waals surface area contributed by atoms with Gasteiger partial charge in [-0.25, -0.2) is 10.2 Å². The zero-order chi connectivity index (χ0) is 29.7. The van der Waals surface area contributed by atoms with Gasteiger partial charge in [0, 0.05) is 33.2 Å². The van der Waals surface area contributed by atoms with Crippen LogP contribution in [0.4, 0.5) is 5.69 Å². The van der Waals surface area contributed by atoms with Crippen LogP contribution in [0.2, 0.25) is 0 Å². The molecule has 4 aromatic rings. The maximum atomic E-state index is 12.5. The van der Waals surface area contributed by atoms with E-state index in [-0.39, 0.29) is 23.7 Å². The van der Waals surface area contributed by atoms with Crippen LogP contribution in [0, 0.1) is 24.0 Å². The molecule has 2 aromatic carbocycles. The number of aromatic nitrogens is 1. The fourth-order valence-corrected chi connectivity index (χ4v) is 4.37. The number of halogens is 1. The highest BCUT2D eigenvalue weighted by molar-refractivity contribution is 9.10. The van der Waals surface area contributed by atoms with Gasteiger partial charge in [0.25, 0.3) is 0 Å². The number of hydrogen-bond acceptors (Lipinski definition) is 8. The summed E-state index contributed by atoms with van der Waals surface area (Å²) in [5.41, 5.74) is 5.14. The van der Waals surface area contributed by atoms with Gasteiger partial charge in [-0.2, -0.15) is 5.10 Å². The first-order valence-corrected chi connectivity index (χ1v) is 13.0. The number of aryl methyl sites for hydroxylation is 2. The van der Waals surface area contributed by atoms with Gasteiger partial charge in [0.2, 0.25) is 5.75 Å². The maximum absolute atomic E-state index is 12.5. The summed E-state index contributed by atoms with van der Waals surface area (Å²) in [6, 6.07) is 17.4. The lowest BCUT2D eigenvalue weighted by Gasteiger charge is -2.13. The molecule has 2 aromatic heterocycles. The third-order valence-corrected chi connectivity index (χ3v) is 6.36. The molecule has 0 spiro atoms. The van der Waals surface area contributed by atoms with Crippen molar-refractivity contribution < 1.29 is 33.5 Å². The molecule has 2 N–H and O–H groups in total. The summed E-state index contributed by atoms with van der Waals surface area (Å²) in [5, 5.41) is 24.5. The lowest BCUT2D eigenvalue weighted by atomic mass is 10.2. The molecular formula is C28H25BrN4O8. The van der Waals surface area contributed by atoms with E-state index < -0.39 is 28.6 Å². The summed E-state index contributed by atoms with van der Waals surface area (Å²) >= 11 is 3.17. The van der Waals surface area contributed by atoms with Gasteiger partial charge in [-0.15, -0.1) is 0 Å². The molecule has 13 heteroatoms. The average molecular weight is 625 g/mol. The molecule has 0 unspecified atom stereocenters. The first-order valence-electron chi connectivity index (χ1n) is 12.2. The van der Waals surface area contributed by atoms with E-state index in [4.69, 9.17) is 19.0 Å². The van der Waals surface area contributed by atoms with Gasteiger partial charge < -0.3 is 23.6 Å². The Balaban J connectivity index is 1.39. The Kier molecular flexibility index (Phi) is 8.87. The summed E-state index contributed by atoms with van der Waals surface area (Å²) in [5.74, 6) is -1.31. The van der Waals surface area contributed by atoms with Crippen LogP contribution in [0.25, 0.3) is 5.69 Å². The molecule has 4 rings (SSSR count). The molecule has 0 radical (unpaired) electrons. The second-order valence-electron chi connectivity index (χ2n) is 8.90. The normalized spacial score (nSPS) is 11.8. The first kappa shape index (κ1) is 29.1. The summed E-state index contributed by atoms with van der Waals surface area (Å²) in [6.07, 6.45) is -0.265. The molecule has 1 atom stereocenters. The van der Waals surface area contributed by atoms with Gasteiger partial charge in [0.1, 0.15) is 18.1 Å². The monoisotopic (exact) mass is 624 g/mol. The summed E-state index contributed by atoms with van der Waals surface area (Å²) in [4.78, 5) is 34.5. The van der Waals surface area contributed by atoms with E-state index >= 15 is 0 Å². The third-order valence-electron chi connectivity index (χ3n) is 5.90. The van der Waals surface area contributed by atoms with Crippen molar-refractivity contribution in [2.75, 3.05) is 0 Å². The van der Waals surface area contributed by atoms with E-state index in [9.17, 15) is 19.7 Å². The Morgan fingerprint density at radius 2 is 1.83 bits per heavy atom. The number of furan rings is 1. The lowest BCUT2D eigenvalue weighted by Crippen LogP contribution is -2.24. The van der Waals surface area contributed by atoms with Crippen LogP contribution in [0.1, 0.15) is 40.2 Å². The van der Waals surface area contributed by atoms with E-state index in [0.717, 1.165) is 23.3 Å². The van der Waals surface area contributed by atoms with Crippen molar-refractivity contribution in [3.8, 4) is 17.2 Å². The Labute approximate surface area is 242 Å². The minimum absolute atomic E-state index is 0.0362. The number of hydrogen-bond donors (Lipinski definition) is 2. The number of nitrogens with one attached hydrogen (secondary N) is 1. The molecule has 0 saturated carbocycles. The molecule has 0 fully saturated rings. The lowest BCUT2D eigenvalue weighted by molar-refractivity contribution is -0.386. The van der Waals surface area contributed by atoms with Crippen LogP contribution in [0.15, 0.2) is 74.7 Å². The molecule has 0 aliphatic heterocycles. The second-order valence-corrected chi connectivity index (χ2v) is 9.81. The van der Waals surface area contributed by atoms with Crippen molar-refractivity contribution in [2.24, 2.45) is 5.10 Å². The molecule has 41 heavy (non-hydrogen) atoms. The van der Waals surface area contributed by atoms with Crippen LogP contribution in [0.3, 0.4) is 0 Å². The Morgan fingerprint density at radius 1 is 1.15 bits per heavy atom. The van der Waals surface area contributed by atoms with E-state index in [1.165, 1.54) is 25.1 Å².